The van der Waals surface area contributed by atoms with E-state index < -0.39 is 0 Å². The number of carbonyl (C=O) groups is 1. The molecule has 1 amide bonds. The number of likely N-dealkylation sites (tertiary alicyclic amines) is 1. The molecule has 1 aromatic rings. The van der Waals surface area contributed by atoms with Crippen molar-refractivity contribution >= 4 is 29.1 Å². The number of alkyl halides is 1. The van der Waals surface area contributed by atoms with E-state index in [0.29, 0.717) is 13.1 Å². The van der Waals surface area contributed by atoms with Crippen LogP contribution in [0.5, 0.6) is 0 Å². The lowest BCUT2D eigenvalue weighted by Crippen LogP contribution is -2.28. The molecular formula is C9H9Cl2NO2. The molecule has 1 aromatic heterocycles. The van der Waals surface area contributed by atoms with Crippen LogP contribution < -0.4 is 0 Å². The van der Waals surface area contributed by atoms with E-state index in [9.17, 15) is 4.79 Å². The number of rotatable bonds is 1. The minimum Gasteiger partial charge on any atom is -0.440 e. The van der Waals surface area contributed by atoms with Crippen LogP contribution in [-0.4, -0.2) is 29.3 Å². The largest absolute Gasteiger partial charge is 0.440 e. The number of nitrogens with zero attached hydrogens (tertiary/aromatic N) is 1. The van der Waals surface area contributed by atoms with Gasteiger partial charge in [-0.2, -0.15) is 0 Å². The first kappa shape index (κ1) is 9.87. The van der Waals surface area contributed by atoms with Gasteiger partial charge in [-0.05, 0) is 30.2 Å². The Morgan fingerprint density at radius 2 is 2.36 bits per heavy atom. The Labute approximate surface area is 91.6 Å². The molecule has 5 heteroatoms. The number of carbonyl (C=O) groups excluding carboxylic acids is 1. The Morgan fingerprint density at radius 1 is 1.57 bits per heavy atom. The lowest BCUT2D eigenvalue weighted by Gasteiger charge is -2.12. The molecule has 0 aromatic carbocycles. The molecule has 1 unspecified atom stereocenters. The fraction of sp³-hybridized carbons (Fsp3) is 0.444. The predicted octanol–water partition coefficient (Wildman–Crippen LogP) is 2.39. The Bertz CT molecular complexity index is 350. The molecule has 1 atom stereocenters. The Morgan fingerprint density at radius 3 is 2.86 bits per heavy atom. The number of hydrogen-bond donors (Lipinski definition) is 0. The maximum Gasteiger partial charge on any atom is 0.289 e. The maximum atomic E-state index is 11.7. The highest BCUT2D eigenvalue weighted by atomic mass is 35.5. The third-order valence-corrected chi connectivity index (χ3v) is 2.76. The van der Waals surface area contributed by atoms with Gasteiger partial charge in [0.25, 0.3) is 5.91 Å². The highest BCUT2D eigenvalue weighted by molar-refractivity contribution is 6.29. The van der Waals surface area contributed by atoms with E-state index in [-0.39, 0.29) is 22.3 Å². The average molecular weight is 234 g/mol. The molecule has 0 aliphatic carbocycles. The van der Waals surface area contributed by atoms with Crippen LogP contribution in [0.15, 0.2) is 16.5 Å². The maximum absolute atomic E-state index is 11.7. The zero-order chi connectivity index (χ0) is 10.1. The molecule has 1 saturated heterocycles. The summed E-state index contributed by atoms with van der Waals surface area (Å²) in [5, 5.41) is 0.291. The van der Waals surface area contributed by atoms with Crippen molar-refractivity contribution < 1.29 is 9.21 Å². The Balaban J connectivity index is 2.09. The smallest absolute Gasteiger partial charge is 0.289 e. The van der Waals surface area contributed by atoms with E-state index in [2.05, 4.69) is 0 Å². The van der Waals surface area contributed by atoms with Crippen molar-refractivity contribution in [1.29, 1.82) is 0 Å². The van der Waals surface area contributed by atoms with Crippen molar-refractivity contribution in [3.8, 4) is 0 Å². The molecule has 0 radical (unpaired) electrons. The predicted molar refractivity (Wildman–Crippen MR) is 53.9 cm³/mol. The van der Waals surface area contributed by atoms with Crippen LogP contribution >= 0.6 is 23.2 Å². The average Bonchev–Trinajstić information content (AvgIpc) is 2.73. The van der Waals surface area contributed by atoms with Crippen LogP contribution in [0, 0.1) is 0 Å². The standard InChI is InChI=1S/C9H9Cl2NO2/c10-6-3-4-12(5-6)9(13)7-1-2-8(11)14-7/h1-2,6H,3-5H2. The molecule has 1 aliphatic rings. The first-order chi connectivity index (χ1) is 6.66. The Hall–Kier alpha value is -0.670. The number of halogens is 2. The lowest BCUT2D eigenvalue weighted by atomic mass is 10.4. The van der Waals surface area contributed by atoms with Crippen molar-refractivity contribution in [1.82, 2.24) is 4.90 Å². The molecule has 14 heavy (non-hydrogen) atoms. The molecule has 2 heterocycles. The van der Waals surface area contributed by atoms with E-state index >= 15 is 0 Å². The molecule has 2 rings (SSSR count). The van der Waals surface area contributed by atoms with Crippen molar-refractivity contribution in [3.05, 3.63) is 23.1 Å². The van der Waals surface area contributed by atoms with Crippen molar-refractivity contribution in [3.63, 3.8) is 0 Å². The van der Waals surface area contributed by atoms with Gasteiger partial charge < -0.3 is 9.32 Å². The van der Waals surface area contributed by atoms with Crippen LogP contribution in [0.3, 0.4) is 0 Å². The van der Waals surface area contributed by atoms with Gasteiger partial charge in [0.15, 0.2) is 11.0 Å². The Kier molecular flexibility index (Phi) is 2.70. The van der Waals surface area contributed by atoms with E-state index in [4.69, 9.17) is 27.6 Å². The first-order valence-electron chi connectivity index (χ1n) is 4.35. The van der Waals surface area contributed by atoms with E-state index in [1.165, 1.54) is 0 Å². The topological polar surface area (TPSA) is 33.5 Å². The van der Waals surface area contributed by atoms with E-state index in [1.807, 2.05) is 0 Å². The second-order valence-corrected chi connectivity index (χ2v) is 4.23. The molecule has 3 nitrogen and oxygen atoms in total. The number of furan rings is 1. The molecule has 0 spiro atoms. The minimum atomic E-state index is -0.139. The molecule has 1 aliphatic heterocycles. The van der Waals surface area contributed by atoms with E-state index in [1.54, 1.807) is 17.0 Å². The summed E-state index contributed by atoms with van der Waals surface area (Å²) in [6, 6.07) is 3.13. The van der Waals surface area contributed by atoms with Gasteiger partial charge in [0, 0.05) is 13.1 Å². The summed E-state index contributed by atoms with van der Waals surface area (Å²) in [6.07, 6.45) is 0.835. The summed E-state index contributed by atoms with van der Waals surface area (Å²) in [7, 11) is 0. The molecular weight excluding hydrogens is 225 g/mol. The van der Waals surface area contributed by atoms with Gasteiger partial charge in [0.05, 0.1) is 5.38 Å². The van der Waals surface area contributed by atoms with Crippen LogP contribution in [0.1, 0.15) is 17.0 Å². The fourth-order valence-corrected chi connectivity index (χ4v) is 1.90. The quantitative estimate of drug-likeness (QED) is 0.699. The van der Waals surface area contributed by atoms with Gasteiger partial charge in [0.2, 0.25) is 0 Å². The number of amides is 1. The zero-order valence-electron chi connectivity index (χ0n) is 7.37. The molecule has 0 saturated carbocycles. The van der Waals surface area contributed by atoms with Crippen molar-refractivity contribution in [2.45, 2.75) is 11.8 Å². The van der Waals surface area contributed by atoms with Gasteiger partial charge in [-0.25, -0.2) is 0 Å². The van der Waals surface area contributed by atoms with Gasteiger partial charge in [-0.1, -0.05) is 0 Å². The molecule has 0 bridgehead atoms. The highest BCUT2D eigenvalue weighted by Gasteiger charge is 2.27. The first-order valence-corrected chi connectivity index (χ1v) is 5.17. The van der Waals surface area contributed by atoms with Crippen LogP contribution in [0.2, 0.25) is 5.22 Å². The summed E-state index contributed by atoms with van der Waals surface area (Å²) < 4.78 is 5.02. The monoisotopic (exact) mass is 233 g/mol. The van der Waals surface area contributed by atoms with Gasteiger partial charge in [0.1, 0.15) is 0 Å². The molecule has 76 valence electrons. The third-order valence-electron chi connectivity index (χ3n) is 2.20. The van der Waals surface area contributed by atoms with Crippen LogP contribution in [0.25, 0.3) is 0 Å². The summed E-state index contributed by atoms with van der Waals surface area (Å²) in [5.41, 5.74) is 0. The molecule has 1 fully saturated rings. The third kappa shape index (κ3) is 1.88. The second kappa shape index (κ2) is 3.83. The fourth-order valence-electron chi connectivity index (χ4n) is 1.49. The highest BCUT2D eigenvalue weighted by Crippen LogP contribution is 2.20. The summed E-state index contributed by atoms with van der Waals surface area (Å²) in [6.45, 7) is 1.27. The van der Waals surface area contributed by atoms with Gasteiger partial charge in [-0.15, -0.1) is 11.6 Å². The van der Waals surface area contributed by atoms with Crippen LogP contribution in [0.4, 0.5) is 0 Å². The summed E-state index contributed by atoms with van der Waals surface area (Å²) >= 11 is 11.5. The molecule has 0 N–H and O–H groups in total. The lowest BCUT2D eigenvalue weighted by molar-refractivity contribution is 0.0761. The zero-order valence-corrected chi connectivity index (χ0v) is 8.88. The summed E-state index contributed by atoms with van der Waals surface area (Å²) in [4.78, 5) is 13.4. The second-order valence-electron chi connectivity index (χ2n) is 3.24. The van der Waals surface area contributed by atoms with Gasteiger partial charge >= 0.3 is 0 Å². The summed E-state index contributed by atoms with van der Waals surface area (Å²) in [5.74, 6) is 0.140. The van der Waals surface area contributed by atoms with Crippen molar-refractivity contribution in [2.75, 3.05) is 13.1 Å². The van der Waals surface area contributed by atoms with Gasteiger partial charge in [-0.3, -0.25) is 4.79 Å². The van der Waals surface area contributed by atoms with Crippen LogP contribution in [-0.2, 0) is 0 Å². The SMILES string of the molecule is O=C(c1ccc(Cl)o1)N1CCC(Cl)C1. The number of hydrogen-bond acceptors (Lipinski definition) is 2. The minimum absolute atomic E-state index is 0.0596. The van der Waals surface area contributed by atoms with E-state index in [0.717, 1.165) is 6.42 Å². The van der Waals surface area contributed by atoms with Crippen molar-refractivity contribution in [2.24, 2.45) is 0 Å². The normalized spacial score (nSPS) is 21.6.